The molecule has 0 aliphatic carbocycles. The molecule has 1 atom stereocenters. The van der Waals surface area contributed by atoms with Crippen molar-refractivity contribution in [3.63, 3.8) is 0 Å². The number of rotatable bonds is 2. The van der Waals surface area contributed by atoms with E-state index in [0.717, 1.165) is 20.4 Å². The maximum Gasteiger partial charge on any atom is 0.263 e. The van der Waals surface area contributed by atoms with Gasteiger partial charge in [-0.25, -0.2) is 4.98 Å². The van der Waals surface area contributed by atoms with Crippen LogP contribution in [0.15, 0.2) is 16.2 Å². The van der Waals surface area contributed by atoms with Gasteiger partial charge in [-0.05, 0) is 44.4 Å². The number of hydrogen-bond acceptors (Lipinski definition) is 5. The fraction of sp³-hybridized carbons (Fsp3) is 0.308. The van der Waals surface area contributed by atoms with Gasteiger partial charge < -0.3 is 4.98 Å². The summed E-state index contributed by atoms with van der Waals surface area (Å²) in [5.41, 5.74) is 0.926. The van der Waals surface area contributed by atoms with E-state index in [-0.39, 0.29) is 11.6 Å². The molecule has 3 aromatic rings. The molecule has 0 saturated carbocycles. The van der Waals surface area contributed by atoms with Gasteiger partial charge in [0.25, 0.3) is 5.56 Å². The van der Waals surface area contributed by atoms with Crippen LogP contribution in [-0.4, -0.2) is 14.5 Å². The topological polar surface area (TPSA) is 50.7 Å². The molecule has 104 valence electrons. The molecule has 0 bridgehead atoms. The van der Waals surface area contributed by atoms with E-state index in [1.807, 2.05) is 32.2 Å². The van der Waals surface area contributed by atoms with Crippen molar-refractivity contribution >= 4 is 45.1 Å². The molecular formula is C13H13N3OS3. The van der Waals surface area contributed by atoms with E-state index < -0.39 is 0 Å². The summed E-state index contributed by atoms with van der Waals surface area (Å²) in [7, 11) is 0. The number of nitrogens with zero attached hydrogens (tertiary/aromatic N) is 2. The number of aryl methyl sites for hydroxylation is 2. The number of nitrogens with one attached hydrogen (secondary N) is 1. The number of fused-ring (bicyclic) bond motifs is 1. The highest BCUT2D eigenvalue weighted by atomic mass is 32.1. The Morgan fingerprint density at radius 2 is 2.20 bits per heavy atom. The molecule has 3 aromatic heterocycles. The first-order valence-corrected chi connectivity index (χ1v) is 8.25. The van der Waals surface area contributed by atoms with Gasteiger partial charge in [0.05, 0.1) is 27.0 Å². The van der Waals surface area contributed by atoms with Gasteiger partial charge >= 0.3 is 0 Å². The van der Waals surface area contributed by atoms with Crippen LogP contribution < -0.4 is 5.56 Å². The van der Waals surface area contributed by atoms with Crippen LogP contribution in [0.3, 0.4) is 0 Å². The Morgan fingerprint density at radius 3 is 2.85 bits per heavy atom. The number of aromatic nitrogens is 3. The summed E-state index contributed by atoms with van der Waals surface area (Å²) in [5, 5.41) is 3.59. The Balaban J connectivity index is 2.26. The van der Waals surface area contributed by atoms with Crippen molar-refractivity contribution in [2.75, 3.05) is 0 Å². The largest absolute Gasteiger partial charge is 0.323 e. The standard InChI is InChI=1S/C13H13N3OS3/c1-6-10(20-8(3)14-6)7(2)16-12(17)9-4-5-19-11(9)15-13(16)18/h4-5,7H,1-3H3,(H,15,18). The average Bonchev–Trinajstić information content (AvgIpc) is 2.95. The number of H-pyrrole nitrogens is 1. The van der Waals surface area contributed by atoms with E-state index >= 15 is 0 Å². The minimum atomic E-state index is -0.109. The molecule has 1 N–H and O–H groups in total. The summed E-state index contributed by atoms with van der Waals surface area (Å²) in [6, 6.07) is 1.73. The zero-order chi connectivity index (χ0) is 14.4. The van der Waals surface area contributed by atoms with Gasteiger partial charge in [-0.3, -0.25) is 9.36 Å². The van der Waals surface area contributed by atoms with Crippen LogP contribution in [0.4, 0.5) is 0 Å². The third-order valence-electron chi connectivity index (χ3n) is 3.26. The maximum absolute atomic E-state index is 12.6. The van der Waals surface area contributed by atoms with Crippen LogP contribution in [0.1, 0.15) is 28.5 Å². The Bertz CT molecular complexity index is 900. The first-order chi connectivity index (χ1) is 9.49. The second-order valence-electron chi connectivity index (χ2n) is 4.63. The third-order valence-corrected chi connectivity index (χ3v) is 5.63. The second-order valence-corrected chi connectivity index (χ2v) is 7.16. The Kier molecular flexibility index (Phi) is 3.35. The Labute approximate surface area is 128 Å². The first-order valence-electron chi connectivity index (χ1n) is 6.15. The third kappa shape index (κ3) is 2.06. The molecule has 3 heterocycles. The van der Waals surface area contributed by atoms with Gasteiger partial charge in [0.15, 0.2) is 4.77 Å². The lowest BCUT2D eigenvalue weighted by Gasteiger charge is -2.14. The van der Waals surface area contributed by atoms with Gasteiger partial charge in [0.2, 0.25) is 0 Å². The predicted molar refractivity (Wildman–Crippen MR) is 86.7 cm³/mol. The lowest BCUT2D eigenvalue weighted by atomic mass is 10.2. The van der Waals surface area contributed by atoms with Crippen molar-refractivity contribution in [1.29, 1.82) is 0 Å². The van der Waals surface area contributed by atoms with Crippen molar-refractivity contribution < 1.29 is 0 Å². The predicted octanol–water partition coefficient (Wildman–Crippen LogP) is 3.80. The molecule has 0 saturated heterocycles. The summed E-state index contributed by atoms with van der Waals surface area (Å²) in [5.74, 6) is 0. The number of thiophene rings is 1. The van der Waals surface area contributed by atoms with E-state index in [1.54, 1.807) is 15.9 Å². The van der Waals surface area contributed by atoms with E-state index in [2.05, 4.69) is 9.97 Å². The van der Waals surface area contributed by atoms with Crippen LogP contribution in [0, 0.1) is 18.6 Å². The quantitative estimate of drug-likeness (QED) is 0.730. The minimum absolute atomic E-state index is 0.0389. The Morgan fingerprint density at radius 1 is 1.45 bits per heavy atom. The molecule has 0 spiro atoms. The number of hydrogen-bond donors (Lipinski definition) is 1. The molecule has 0 aromatic carbocycles. The molecule has 0 aliphatic rings. The van der Waals surface area contributed by atoms with Gasteiger partial charge in [0, 0.05) is 0 Å². The van der Waals surface area contributed by atoms with Crippen LogP contribution in [0.25, 0.3) is 10.2 Å². The van der Waals surface area contributed by atoms with Crippen molar-refractivity contribution in [3.8, 4) is 0 Å². The highest BCUT2D eigenvalue weighted by Gasteiger charge is 2.18. The average molecular weight is 323 g/mol. The molecule has 0 amide bonds. The Hall–Kier alpha value is -1.31. The van der Waals surface area contributed by atoms with E-state index in [4.69, 9.17) is 12.2 Å². The number of aromatic amines is 1. The lowest BCUT2D eigenvalue weighted by Crippen LogP contribution is -2.25. The molecular weight excluding hydrogens is 310 g/mol. The van der Waals surface area contributed by atoms with Crippen LogP contribution >= 0.6 is 34.9 Å². The van der Waals surface area contributed by atoms with Crippen LogP contribution in [0.5, 0.6) is 0 Å². The molecule has 1 unspecified atom stereocenters. The molecule has 0 fully saturated rings. The van der Waals surface area contributed by atoms with Crippen LogP contribution in [-0.2, 0) is 0 Å². The fourth-order valence-electron chi connectivity index (χ4n) is 2.36. The lowest BCUT2D eigenvalue weighted by molar-refractivity contribution is 0.605. The van der Waals surface area contributed by atoms with Crippen molar-refractivity contribution in [3.05, 3.63) is 42.1 Å². The normalized spacial score (nSPS) is 12.9. The summed E-state index contributed by atoms with van der Waals surface area (Å²) in [4.78, 5) is 22.1. The van der Waals surface area contributed by atoms with E-state index in [1.165, 1.54) is 11.3 Å². The van der Waals surface area contributed by atoms with Gasteiger partial charge in [-0.1, -0.05) is 0 Å². The highest BCUT2D eigenvalue weighted by molar-refractivity contribution is 7.71. The second kappa shape index (κ2) is 4.91. The van der Waals surface area contributed by atoms with E-state index in [9.17, 15) is 4.79 Å². The molecule has 7 heteroatoms. The SMILES string of the molecule is Cc1nc(C)c(C(C)n2c(=S)[nH]c3sccc3c2=O)s1. The minimum Gasteiger partial charge on any atom is -0.323 e. The van der Waals surface area contributed by atoms with Gasteiger partial charge in [0.1, 0.15) is 4.83 Å². The summed E-state index contributed by atoms with van der Waals surface area (Å²) < 4.78 is 2.10. The fourth-order valence-corrected chi connectivity index (χ4v) is 4.51. The van der Waals surface area contributed by atoms with E-state index in [0.29, 0.717) is 10.2 Å². The molecule has 20 heavy (non-hydrogen) atoms. The monoisotopic (exact) mass is 323 g/mol. The zero-order valence-electron chi connectivity index (χ0n) is 11.3. The van der Waals surface area contributed by atoms with Gasteiger partial charge in [-0.2, -0.15) is 0 Å². The van der Waals surface area contributed by atoms with Crippen molar-refractivity contribution in [2.24, 2.45) is 0 Å². The smallest absolute Gasteiger partial charge is 0.263 e. The maximum atomic E-state index is 12.6. The molecule has 4 nitrogen and oxygen atoms in total. The number of thiazole rings is 1. The summed E-state index contributed by atoms with van der Waals surface area (Å²) in [6.45, 7) is 5.93. The van der Waals surface area contributed by atoms with Crippen LogP contribution in [0.2, 0.25) is 0 Å². The molecule has 0 aliphatic heterocycles. The molecule has 0 radical (unpaired) electrons. The van der Waals surface area contributed by atoms with Crippen molar-refractivity contribution in [1.82, 2.24) is 14.5 Å². The van der Waals surface area contributed by atoms with Gasteiger partial charge in [-0.15, -0.1) is 22.7 Å². The summed E-state index contributed by atoms with van der Waals surface area (Å²) in [6.07, 6.45) is 0. The summed E-state index contributed by atoms with van der Waals surface area (Å²) >= 11 is 8.47. The highest BCUT2D eigenvalue weighted by Crippen LogP contribution is 2.27. The molecule has 3 rings (SSSR count). The first kappa shape index (κ1) is 13.7. The van der Waals surface area contributed by atoms with Crippen molar-refractivity contribution in [2.45, 2.75) is 26.8 Å². The zero-order valence-corrected chi connectivity index (χ0v) is 13.7.